The molecular formula is C10H9ClN2O2S. The van der Waals surface area contributed by atoms with Crippen molar-refractivity contribution in [1.82, 2.24) is 0 Å². The lowest BCUT2D eigenvalue weighted by molar-refractivity contribution is 0.0723. The third kappa shape index (κ3) is 2.43. The predicted octanol–water partition coefficient (Wildman–Crippen LogP) is 2.44. The van der Waals surface area contributed by atoms with Crippen LogP contribution in [-0.2, 0) is 4.74 Å². The Bertz CT molecular complexity index is 470. The van der Waals surface area contributed by atoms with Gasteiger partial charge in [-0.15, -0.1) is 21.1 Å². The maximum Gasteiger partial charge on any atom is 0.345 e. The molecule has 1 aliphatic heterocycles. The Morgan fingerprint density at radius 3 is 2.62 bits per heavy atom. The molecule has 0 amide bonds. The van der Waals surface area contributed by atoms with Gasteiger partial charge in [0.2, 0.25) is 0 Å². The summed E-state index contributed by atoms with van der Waals surface area (Å²) in [6, 6.07) is 6.50. The van der Waals surface area contributed by atoms with E-state index in [2.05, 4.69) is 10.2 Å². The Balaban J connectivity index is 2.06. The van der Waals surface area contributed by atoms with Gasteiger partial charge in [0, 0.05) is 5.02 Å². The molecule has 1 atom stereocenters. The molecule has 16 heavy (non-hydrogen) atoms. The molecule has 0 N–H and O–H groups in total. The van der Waals surface area contributed by atoms with Crippen LogP contribution in [0.15, 0.2) is 34.5 Å². The zero-order chi connectivity index (χ0) is 11.5. The fraction of sp³-hybridized carbons (Fsp3) is 0.100. The van der Waals surface area contributed by atoms with Gasteiger partial charge in [0.05, 0.1) is 11.1 Å². The third-order valence-electron chi connectivity index (χ3n) is 1.93. The molecule has 1 aliphatic rings. The van der Waals surface area contributed by atoms with Gasteiger partial charge in [-0.3, -0.25) is 0 Å². The molecule has 1 unspecified atom stereocenters. The molecule has 0 aliphatic carbocycles. The third-order valence-corrected chi connectivity index (χ3v) is 3.42. The van der Waals surface area contributed by atoms with Gasteiger partial charge in [0.1, 0.15) is 0 Å². The quantitative estimate of drug-likeness (QED) is 0.620. The predicted molar refractivity (Wildman–Crippen MR) is 67.7 cm³/mol. The standard InChI is InChI=1S/C10H9ClN2O2S/c1-16-6-12-13-10(16)15-9(14)7-2-4-8(11)5-3-7/h2-6,16H,1H3. The number of rotatable bonds is 1. The van der Waals surface area contributed by atoms with Crippen molar-refractivity contribution in [2.45, 2.75) is 0 Å². The second kappa shape index (κ2) is 4.67. The zero-order valence-electron chi connectivity index (χ0n) is 8.42. The fourth-order valence-electron chi connectivity index (χ4n) is 1.09. The maximum atomic E-state index is 11.7. The van der Waals surface area contributed by atoms with Crippen molar-refractivity contribution in [2.24, 2.45) is 10.2 Å². The van der Waals surface area contributed by atoms with Crippen molar-refractivity contribution in [3.8, 4) is 0 Å². The van der Waals surface area contributed by atoms with E-state index in [1.807, 2.05) is 6.26 Å². The van der Waals surface area contributed by atoms with Gasteiger partial charge in [0.15, 0.2) is 0 Å². The van der Waals surface area contributed by atoms with Gasteiger partial charge in [-0.05, 0) is 30.5 Å². The summed E-state index contributed by atoms with van der Waals surface area (Å²) >= 11 is 5.72. The topological polar surface area (TPSA) is 51.0 Å². The van der Waals surface area contributed by atoms with Crippen LogP contribution >= 0.6 is 22.5 Å². The molecule has 84 valence electrons. The van der Waals surface area contributed by atoms with Crippen LogP contribution in [0.3, 0.4) is 0 Å². The average Bonchev–Trinajstić information content (AvgIpc) is 2.65. The van der Waals surface area contributed by atoms with E-state index in [9.17, 15) is 4.79 Å². The van der Waals surface area contributed by atoms with E-state index >= 15 is 0 Å². The highest BCUT2D eigenvalue weighted by atomic mass is 35.5. The lowest BCUT2D eigenvalue weighted by Crippen LogP contribution is -2.11. The fourth-order valence-corrected chi connectivity index (χ4v) is 1.94. The Hall–Kier alpha value is -1.33. The number of benzene rings is 1. The summed E-state index contributed by atoms with van der Waals surface area (Å²) in [7, 11) is -0.668. The van der Waals surface area contributed by atoms with E-state index < -0.39 is 16.9 Å². The molecule has 1 aromatic carbocycles. The van der Waals surface area contributed by atoms with Crippen LogP contribution in [0, 0.1) is 0 Å². The molecule has 0 saturated heterocycles. The van der Waals surface area contributed by atoms with Gasteiger partial charge < -0.3 is 4.74 Å². The SMILES string of the molecule is C[SH]1C=NN=C1OC(=O)c1ccc(Cl)cc1. The first-order chi connectivity index (χ1) is 7.66. The monoisotopic (exact) mass is 256 g/mol. The summed E-state index contributed by atoms with van der Waals surface area (Å²) < 4.78 is 5.12. The molecule has 0 saturated carbocycles. The zero-order valence-corrected chi connectivity index (χ0v) is 10.1. The summed E-state index contributed by atoms with van der Waals surface area (Å²) in [6.07, 6.45) is 1.92. The van der Waals surface area contributed by atoms with Crippen LogP contribution in [0.4, 0.5) is 0 Å². The number of thiol groups is 1. The van der Waals surface area contributed by atoms with E-state index in [1.165, 1.54) is 0 Å². The van der Waals surface area contributed by atoms with Crippen molar-refractivity contribution in [2.75, 3.05) is 6.26 Å². The molecule has 0 radical (unpaired) electrons. The molecule has 0 spiro atoms. The smallest absolute Gasteiger partial charge is 0.345 e. The molecule has 2 rings (SSSR count). The van der Waals surface area contributed by atoms with Crippen molar-refractivity contribution < 1.29 is 9.53 Å². The van der Waals surface area contributed by atoms with Crippen molar-refractivity contribution in [1.29, 1.82) is 0 Å². The van der Waals surface area contributed by atoms with E-state index in [1.54, 1.807) is 29.8 Å². The van der Waals surface area contributed by atoms with Crippen LogP contribution in [0.2, 0.25) is 5.02 Å². The van der Waals surface area contributed by atoms with Crippen molar-refractivity contribution in [3.05, 3.63) is 34.9 Å². The number of nitrogens with zero attached hydrogens (tertiary/aromatic N) is 2. The van der Waals surface area contributed by atoms with Crippen molar-refractivity contribution in [3.63, 3.8) is 0 Å². The lowest BCUT2D eigenvalue weighted by atomic mass is 10.2. The van der Waals surface area contributed by atoms with Crippen LogP contribution in [0.25, 0.3) is 0 Å². The van der Waals surface area contributed by atoms with E-state index in [0.717, 1.165) is 0 Å². The molecule has 0 bridgehead atoms. The molecule has 1 heterocycles. The molecular weight excluding hydrogens is 248 g/mol. The van der Waals surface area contributed by atoms with Crippen LogP contribution < -0.4 is 0 Å². The van der Waals surface area contributed by atoms with Gasteiger partial charge >= 0.3 is 5.97 Å². The molecule has 0 aromatic heterocycles. The van der Waals surface area contributed by atoms with E-state index in [-0.39, 0.29) is 0 Å². The minimum Gasteiger partial charge on any atom is -0.397 e. The van der Waals surface area contributed by atoms with Gasteiger partial charge in [-0.1, -0.05) is 11.6 Å². The number of hydrogen-bond acceptors (Lipinski definition) is 4. The number of ether oxygens (including phenoxy) is 1. The average molecular weight is 257 g/mol. The molecule has 1 aromatic rings. The summed E-state index contributed by atoms with van der Waals surface area (Å²) in [6.45, 7) is 0. The van der Waals surface area contributed by atoms with E-state index in [4.69, 9.17) is 16.3 Å². The molecule has 4 nitrogen and oxygen atoms in total. The highest BCUT2D eigenvalue weighted by Crippen LogP contribution is 2.25. The maximum absolute atomic E-state index is 11.7. The van der Waals surface area contributed by atoms with Gasteiger partial charge in [0.25, 0.3) is 5.23 Å². The first-order valence-corrected chi connectivity index (χ1v) is 6.72. The van der Waals surface area contributed by atoms with E-state index in [0.29, 0.717) is 15.8 Å². The normalized spacial score (nSPS) is 20.6. The first-order valence-electron chi connectivity index (χ1n) is 4.48. The van der Waals surface area contributed by atoms with Crippen LogP contribution in [0.5, 0.6) is 0 Å². The second-order valence-electron chi connectivity index (χ2n) is 3.12. The molecule has 6 heteroatoms. The number of carbonyl (C=O) groups is 1. The minimum absolute atomic E-state index is 0.384. The number of halogens is 1. The number of hydrogen-bond donors (Lipinski definition) is 1. The van der Waals surface area contributed by atoms with Crippen LogP contribution in [-0.4, -0.2) is 23.0 Å². The summed E-state index contributed by atoms with van der Waals surface area (Å²) in [5, 5.41) is 8.41. The Labute approximate surface area is 100 Å². The first kappa shape index (κ1) is 11.2. The van der Waals surface area contributed by atoms with Gasteiger partial charge in [-0.2, -0.15) is 0 Å². The highest BCUT2D eigenvalue weighted by Gasteiger charge is 2.16. The Kier molecular flexibility index (Phi) is 3.26. The van der Waals surface area contributed by atoms with Crippen molar-refractivity contribution >= 4 is 39.2 Å². The Morgan fingerprint density at radius 2 is 2.06 bits per heavy atom. The largest absolute Gasteiger partial charge is 0.397 e. The summed E-state index contributed by atoms with van der Waals surface area (Å²) in [5.41, 5.74) is 2.13. The number of esters is 1. The Morgan fingerprint density at radius 1 is 1.38 bits per heavy atom. The minimum atomic E-state index is -0.668. The van der Waals surface area contributed by atoms with Gasteiger partial charge in [-0.25, -0.2) is 4.79 Å². The number of carbonyl (C=O) groups excluding carboxylic acids is 1. The molecule has 0 fully saturated rings. The second-order valence-corrected chi connectivity index (χ2v) is 5.39. The lowest BCUT2D eigenvalue weighted by Gasteiger charge is -2.08. The summed E-state index contributed by atoms with van der Waals surface area (Å²) in [5.74, 6) is -0.435. The highest BCUT2D eigenvalue weighted by molar-refractivity contribution is 8.39. The summed E-state index contributed by atoms with van der Waals surface area (Å²) in [4.78, 5) is 11.7. The van der Waals surface area contributed by atoms with Crippen LogP contribution in [0.1, 0.15) is 10.4 Å².